The number of hydrogen-bond donors (Lipinski definition) is 0. The van der Waals surface area contributed by atoms with Crippen LogP contribution in [0.2, 0.25) is 0 Å². The quantitative estimate of drug-likeness (QED) is 0.683. The normalized spacial score (nSPS) is 12.3. The van der Waals surface area contributed by atoms with Crippen molar-refractivity contribution in [2.45, 2.75) is 32.1 Å². The van der Waals surface area contributed by atoms with E-state index in [2.05, 4.69) is 67.6 Å². The average molecular weight is 224 g/mol. The van der Waals surface area contributed by atoms with Gasteiger partial charge in [0.15, 0.2) is 0 Å². The molecule has 0 bridgehead atoms. The molecule has 0 saturated heterocycles. The molecule has 17 heavy (non-hydrogen) atoms. The van der Waals surface area contributed by atoms with Crippen LogP contribution in [-0.2, 0) is 6.42 Å². The van der Waals surface area contributed by atoms with Crippen LogP contribution in [0.4, 0.5) is 0 Å². The summed E-state index contributed by atoms with van der Waals surface area (Å²) in [7, 11) is 0. The van der Waals surface area contributed by atoms with Gasteiger partial charge in [-0.25, -0.2) is 0 Å². The Kier molecular flexibility index (Phi) is 4.37. The first-order chi connectivity index (χ1) is 8.36. The first kappa shape index (κ1) is 11.9. The molecule has 0 amide bonds. The second kappa shape index (κ2) is 6.24. The minimum absolute atomic E-state index is 0.667. The highest BCUT2D eigenvalue weighted by Crippen LogP contribution is 2.21. The molecule has 1 atom stereocenters. The van der Waals surface area contributed by atoms with Gasteiger partial charge in [-0.05, 0) is 36.3 Å². The van der Waals surface area contributed by atoms with Crippen LogP contribution < -0.4 is 0 Å². The van der Waals surface area contributed by atoms with E-state index in [-0.39, 0.29) is 0 Å². The number of rotatable bonds is 5. The smallest absolute Gasteiger partial charge is 0.0190 e. The number of hydrogen-bond acceptors (Lipinski definition) is 0. The molecular formula is C17H20. The zero-order valence-corrected chi connectivity index (χ0v) is 10.5. The Labute approximate surface area is 104 Å². The van der Waals surface area contributed by atoms with Crippen molar-refractivity contribution in [1.82, 2.24) is 0 Å². The van der Waals surface area contributed by atoms with Crippen LogP contribution in [0.5, 0.6) is 0 Å². The summed E-state index contributed by atoms with van der Waals surface area (Å²) in [5, 5.41) is 0. The summed E-state index contributed by atoms with van der Waals surface area (Å²) in [5.74, 6) is 0.667. The highest BCUT2D eigenvalue weighted by atomic mass is 14.1. The van der Waals surface area contributed by atoms with Crippen LogP contribution in [0.15, 0.2) is 60.7 Å². The predicted molar refractivity (Wildman–Crippen MR) is 74.2 cm³/mol. The van der Waals surface area contributed by atoms with E-state index in [0.717, 1.165) is 0 Å². The molecule has 0 radical (unpaired) electrons. The lowest BCUT2D eigenvalue weighted by molar-refractivity contribution is 0.633. The maximum atomic E-state index is 2.32. The molecule has 0 aliphatic rings. The molecule has 2 aromatic carbocycles. The first-order valence-corrected chi connectivity index (χ1v) is 6.45. The Hall–Kier alpha value is -1.56. The van der Waals surface area contributed by atoms with Crippen molar-refractivity contribution in [2.75, 3.05) is 0 Å². The SMILES string of the molecule is CC(CCCc1ccccc1)c1ccccc1. The third kappa shape index (κ3) is 3.74. The standard InChI is InChI=1S/C17H20/c1-15(17-13-6-3-7-14-17)9-8-12-16-10-4-2-5-11-16/h2-7,10-11,13-15H,8-9,12H2,1H3. The summed E-state index contributed by atoms with van der Waals surface area (Å²) in [5.41, 5.74) is 2.91. The summed E-state index contributed by atoms with van der Waals surface area (Å²) in [6, 6.07) is 21.6. The monoisotopic (exact) mass is 224 g/mol. The van der Waals surface area contributed by atoms with Crippen LogP contribution in [0.1, 0.15) is 36.8 Å². The lowest BCUT2D eigenvalue weighted by Crippen LogP contribution is -1.94. The third-order valence-electron chi connectivity index (χ3n) is 3.31. The zero-order chi connectivity index (χ0) is 11.9. The number of benzene rings is 2. The molecule has 2 rings (SSSR count). The maximum Gasteiger partial charge on any atom is -0.0190 e. The average Bonchev–Trinajstić information content (AvgIpc) is 2.41. The Morgan fingerprint density at radius 3 is 2.06 bits per heavy atom. The van der Waals surface area contributed by atoms with Gasteiger partial charge < -0.3 is 0 Å². The summed E-state index contributed by atoms with van der Waals surface area (Å²) in [4.78, 5) is 0. The van der Waals surface area contributed by atoms with E-state index in [9.17, 15) is 0 Å². The third-order valence-corrected chi connectivity index (χ3v) is 3.31. The van der Waals surface area contributed by atoms with Gasteiger partial charge in [0.25, 0.3) is 0 Å². The van der Waals surface area contributed by atoms with Crippen LogP contribution in [0.25, 0.3) is 0 Å². The second-order valence-corrected chi connectivity index (χ2v) is 4.69. The van der Waals surface area contributed by atoms with Crippen molar-refractivity contribution in [3.63, 3.8) is 0 Å². The van der Waals surface area contributed by atoms with Crippen molar-refractivity contribution in [1.29, 1.82) is 0 Å². The van der Waals surface area contributed by atoms with E-state index >= 15 is 0 Å². The van der Waals surface area contributed by atoms with Crippen LogP contribution >= 0.6 is 0 Å². The van der Waals surface area contributed by atoms with E-state index in [0.29, 0.717) is 5.92 Å². The molecule has 0 aliphatic carbocycles. The van der Waals surface area contributed by atoms with Gasteiger partial charge in [0.05, 0.1) is 0 Å². The molecule has 0 fully saturated rings. The minimum atomic E-state index is 0.667. The van der Waals surface area contributed by atoms with Gasteiger partial charge in [-0.2, -0.15) is 0 Å². The molecule has 0 aromatic heterocycles. The molecule has 1 unspecified atom stereocenters. The minimum Gasteiger partial charge on any atom is -0.0622 e. The van der Waals surface area contributed by atoms with E-state index in [4.69, 9.17) is 0 Å². The van der Waals surface area contributed by atoms with Crippen molar-refractivity contribution in [2.24, 2.45) is 0 Å². The van der Waals surface area contributed by atoms with Crippen LogP contribution in [0, 0.1) is 0 Å². The van der Waals surface area contributed by atoms with E-state index in [1.165, 1.54) is 30.4 Å². The van der Waals surface area contributed by atoms with Crippen molar-refractivity contribution in [3.8, 4) is 0 Å². The molecule has 0 nitrogen and oxygen atoms in total. The molecule has 0 saturated carbocycles. The fraction of sp³-hybridized carbons (Fsp3) is 0.294. The van der Waals surface area contributed by atoms with Crippen LogP contribution in [-0.4, -0.2) is 0 Å². The Morgan fingerprint density at radius 2 is 1.41 bits per heavy atom. The Bertz CT molecular complexity index is 416. The summed E-state index contributed by atoms with van der Waals surface area (Å²) < 4.78 is 0. The van der Waals surface area contributed by atoms with Crippen LogP contribution in [0.3, 0.4) is 0 Å². The molecule has 0 heteroatoms. The Morgan fingerprint density at radius 1 is 0.824 bits per heavy atom. The number of aryl methyl sites for hydroxylation is 1. The first-order valence-electron chi connectivity index (χ1n) is 6.45. The molecule has 0 spiro atoms. The van der Waals surface area contributed by atoms with Gasteiger partial charge in [-0.1, -0.05) is 67.6 Å². The lowest BCUT2D eigenvalue weighted by Gasteiger charge is -2.11. The fourth-order valence-electron chi connectivity index (χ4n) is 2.21. The van der Waals surface area contributed by atoms with E-state index in [1.807, 2.05) is 0 Å². The Balaban J connectivity index is 1.79. The van der Waals surface area contributed by atoms with E-state index < -0.39 is 0 Å². The van der Waals surface area contributed by atoms with Gasteiger partial charge in [-0.15, -0.1) is 0 Å². The predicted octanol–water partition coefficient (Wildman–Crippen LogP) is 4.81. The molecule has 0 aliphatic heterocycles. The molecule has 0 heterocycles. The largest absolute Gasteiger partial charge is 0.0622 e. The van der Waals surface area contributed by atoms with Crippen molar-refractivity contribution >= 4 is 0 Å². The van der Waals surface area contributed by atoms with Crippen molar-refractivity contribution in [3.05, 3.63) is 71.8 Å². The molecule has 2 aromatic rings. The maximum absolute atomic E-state index is 2.32. The van der Waals surface area contributed by atoms with E-state index in [1.54, 1.807) is 0 Å². The van der Waals surface area contributed by atoms with Gasteiger partial charge in [-0.3, -0.25) is 0 Å². The molecular weight excluding hydrogens is 204 g/mol. The summed E-state index contributed by atoms with van der Waals surface area (Å²) >= 11 is 0. The zero-order valence-electron chi connectivity index (χ0n) is 10.5. The second-order valence-electron chi connectivity index (χ2n) is 4.69. The summed E-state index contributed by atoms with van der Waals surface area (Å²) in [6.45, 7) is 2.32. The highest BCUT2D eigenvalue weighted by molar-refractivity contribution is 5.19. The highest BCUT2D eigenvalue weighted by Gasteiger charge is 2.04. The fourth-order valence-corrected chi connectivity index (χ4v) is 2.21. The molecule has 0 N–H and O–H groups in total. The van der Waals surface area contributed by atoms with Crippen molar-refractivity contribution < 1.29 is 0 Å². The summed E-state index contributed by atoms with van der Waals surface area (Å²) in [6.07, 6.45) is 3.72. The lowest BCUT2D eigenvalue weighted by atomic mass is 9.94. The van der Waals surface area contributed by atoms with Gasteiger partial charge in [0, 0.05) is 0 Å². The van der Waals surface area contributed by atoms with Gasteiger partial charge in [0.1, 0.15) is 0 Å². The van der Waals surface area contributed by atoms with Gasteiger partial charge in [0.2, 0.25) is 0 Å². The van der Waals surface area contributed by atoms with Gasteiger partial charge >= 0.3 is 0 Å². The topological polar surface area (TPSA) is 0 Å². The molecule has 88 valence electrons.